The predicted octanol–water partition coefficient (Wildman–Crippen LogP) is 2.69. The molecule has 2 rings (SSSR count). The Morgan fingerprint density at radius 3 is 2.41 bits per heavy atom. The maximum atomic E-state index is 11.3. The Balaban J connectivity index is 2.26. The van der Waals surface area contributed by atoms with Gasteiger partial charge in [0.2, 0.25) is 0 Å². The maximum absolute atomic E-state index is 11.3. The van der Waals surface area contributed by atoms with Crippen LogP contribution in [-0.4, -0.2) is 5.78 Å². The summed E-state index contributed by atoms with van der Waals surface area (Å²) in [5, 5.41) is 0. The molecule has 0 bridgehead atoms. The molecule has 17 heavy (non-hydrogen) atoms. The van der Waals surface area contributed by atoms with Gasteiger partial charge in [-0.1, -0.05) is 0 Å². The molecule has 2 aromatic carbocycles. The van der Waals surface area contributed by atoms with Gasteiger partial charge >= 0.3 is 118 Å². The van der Waals surface area contributed by atoms with E-state index in [9.17, 15) is 4.79 Å². The fourth-order valence-electron chi connectivity index (χ4n) is 1.42. The number of hydrogen-bond donors (Lipinski definition) is 0. The molecule has 86 valence electrons. The molecule has 0 N–H and O–H groups in total. The van der Waals surface area contributed by atoms with Crippen molar-refractivity contribution in [1.29, 1.82) is 0 Å². The van der Waals surface area contributed by atoms with Crippen molar-refractivity contribution in [3.8, 4) is 0 Å². The summed E-state index contributed by atoms with van der Waals surface area (Å²) in [7, 11) is 0. The molecule has 0 amide bonds. The molecular weight excluding hydrogens is 448 g/mol. The molecule has 0 atom stereocenters. The van der Waals surface area contributed by atoms with E-state index in [1.807, 2.05) is 18.2 Å². The molecular formula is C14H11BrOW. The van der Waals surface area contributed by atoms with E-state index in [2.05, 4.69) is 46.3 Å². The van der Waals surface area contributed by atoms with E-state index in [0.717, 1.165) is 10.0 Å². The van der Waals surface area contributed by atoms with E-state index in [0.29, 0.717) is 0 Å². The van der Waals surface area contributed by atoms with E-state index in [1.165, 1.54) is 7.91 Å². The molecule has 0 aliphatic heterocycles. The number of carbonyl (C=O) groups excluding carboxylic acids is 1. The van der Waals surface area contributed by atoms with Gasteiger partial charge in [-0.2, -0.15) is 0 Å². The standard InChI is InChI=1S/C8H6BrO.C6H5.W/c1-6(10)7-3-2-4-8(9)5-7;1-2-4-6-5-3-1;/h2-3,5H,1H3;1-5H;. The van der Waals surface area contributed by atoms with Crippen molar-refractivity contribution in [3.63, 3.8) is 0 Å². The molecule has 0 saturated carbocycles. The van der Waals surface area contributed by atoms with E-state index in [1.54, 1.807) is 6.92 Å². The Kier molecular flexibility index (Phi) is 4.30. The number of rotatable bonds is 3. The van der Waals surface area contributed by atoms with Crippen molar-refractivity contribution in [2.24, 2.45) is 0 Å². The average molecular weight is 459 g/mol. The van der Waals surface area contributed by atoms with Crippen LogP contribution in [0.4, 0.5) is 0 Å². The summed E-state index contributed by atoms with van der Waals surface area (Å²) in [6, 6.07) is 16.5. The molecule has 0 aliphatic carbocycles. The molecule has 0 aromatic heterocycles. The van der Waals surface area contributed by atoms with Crippen LogP contribution < -0.4 is 7.91 Å². The van der Waals surface area contributed by atoms with Crippen LogP contribution in [0.3, 0.4) is 0 Å². The zero-order chi connectivity index (χ0) is 12.3. The third-order valence-electron chi connectivity index (χ3n) is 2.31. The second-order valence-electron chi connectivity index (χ2n) is 3.62. The summed E-state index contributed by atoms with van der Waals surface area (Å²) in [6.45, 7) is 1.60. The molecule has 0 unspecified atom stereocenters. The van der Waals surface area contributed by atoms with Crippen molar-refractivity contribution in [1.82, 2.24) is 0 Å². The number of halogens is 1. The van der Waals surface area contributed by atoms with Gasteiger partial charge in [0.05, 0.1) is 0 Å². The number of ketones is 1. The average Bonchev–Trinajstić information content (AvgIpc) is 2.33. The zero-order valence-electron chi connectivity index (χ0n) is 9.31. The van der Waals surface area contributed by atoms with Gasteiger partial charge in [0.15, 0.2) is 0 Å². The molecule has 0 heterocycles. The van der Waals surface area contributed by atoms with Crippen LogP contribution in [0.2, 0.25) is 0 Å². The predicted molar refractivity (Wildman–Crippen MR) is 69.9 cm³/mol. The minimum absolute atomic E-state index is 0.113. The van der Waals surface area contributed by atoms with Crippen LogP contribution >= 0.6 is 15.9 Å². The second-order valence-corrected chi connectivity index (χ2v) is 8.48. The van der Waals surface area contributed by atoms with Crippen LogP contribution in [0.15, 0.2) is 53.0 Å². The number of benzene rings is 2. The van der Waals surface area contributed by atoms with Crippen LogP contribution in [0.1, 0.15) is 17.3 Å². The summed E-state index contributed by atoms with van der Waals surface area (Å²) < 4.78 is 3.86. The first kappa shape index (κ1) is 12.7. The van der Waals surface area contributed by atoms with Crippen molar-refractivity contribution >= 4 is 29.6 Å². The van der Waals surface area contributed by atoms with Gasteiger partial charge in [-0.05, 0) is 0 Å². The summed E-state index contributed by atoms with van der Waals surface area (Å²) >= 11 is 2.83. The number of carbonyl (C=O) groups is 1. The second kappa shape index (κ2) is 5.75. The third kappa shape index (κ3) is 3.37. The molecule has 0 aliphatic rings. The fourth-order valence-corrected chi connectivity index (χ4v) is 5.48. The van der Waals surface area contributed by atoms with Gasteiger partial charge in [-0.25, -0.2) is 0 Å². The van der Waals surface area contributed by atoms with Crippen LogP contribution in [0.25, 0.3) is 0 Å². The van der Waals surface area contributed by atoms with Crippen molar-refractivity contribution < 1.29 is 23.4 Å². The SMILES string of the molecule is CC(=O)c1cc[c]([W][c]2ccccc2)c(Br)c1. The van der Waals surface area contributed by atoms with Gasteiger partial charge in [-0.15, -0.1) is 0 Å². The first-order valence-electron chi connectivity index (χ1n) is 5.20. The van der Waals surface area contributed by atoms with Gasteiger partial charge in [0.1, 0.15) is 0 Å². The summed E-state index contributed by atoms with van der Waals surface area (Å²) in [5.41, 5.74) is 0.771. The van der Waals surface area contributed by atoms with Gasteiger partial charge < -0.3 is 0 Å². The summed E-state index contributed by atoms with van der Waals surface area (Å²) in [6.07, 6.45) is 0. The Hall–Kier alpha value is -0.722. The van der Waals surface area contributed by atoms with Crippen LogP contribution in [-0.2, 0) is 18.6 Å². The van der Waals surface area contributed by atoms with Crippen LogP contribution in [0, 0.1) is 0 Å². The summed E-state index contributed by atoms with van der Waals surface area (Å²) in [4.78, 5) is 11.3. The Morgan fingerprint density at radius 1 is 1.12 bits per heavy atom. The number of Topliss-reactive ketones (excluding diaryl/α,β-unsaturated/α-hetero) is 1. The minimum atomic E-state index is -0.729. The Morgan fingerprint density at radius 2 is 1.82 bits per heavy atom. The van der Waals surface area contributed by atoms with E-state index >= 15 is 0 Å². The molecule has 0 spiro atoms. The van der Waals surface area contributed by atoms with E-state index < -0.39 is 18.6 Å². The monoisotopic (exact) mass is 458 g/mol. The normalized spacial score (nSPS) is 10.2. The molecule has 3 heteroatoms. The molecule has 1 nitrogen and oxygen atoms in total. The molecule has 2 aromatic rings. The Labute approximate surface area is 118 Å². The summed E-state index contributed by atoms with van der Waals surface area (Å²) in [5.74, 6) is 0.113. The first-order valence-corrected chi connectivity index (χ1v) is 8.93. The van der Waals surface area contributed by atoms with Crippen molar-refractivity contribution in [3.05, 3.63) is 58.6 Å². The molecule has 0 saturated heterocycles. The van der Waals surface area contributed by atoms with E-state index in [-0.39, 0.29) is 5.78 Å². The first-order chi connectivity index (χ1) is 8.16. The quantitative estimate of drug-likeness (QED) is 0.646. The Bertz CT molecular complexity index is 537. The van der Waals surface area contributed by atoms with Gasteiger partial charge in [-0.3, -0.25) is 0 Å². The fraction of sp³-hybridized carbons (Fsp3) is 0.0714. The topological polar surface area (TPSA) is 17.1 Å². The van der Waals surface area contributed by atoms with E-state index in [4.69, 9.17) is 0 Å². The zero-order valence-corrected chi connectivity index (χ0v) is 13.8. The van der Waals surface area contributed by atoms with Crippen molar-refractivity contribution in [2.45, 2.75) is 6.92 Å². The van der Waals surface area contributed by atoms with Crippen molar-refractivity contribution in [2.75, 3.05) is 0 Å². The van der Waals surface area contributed by atoms with Gasteiger partial charge in [0.25, 0.3) is 0 Å². The number of hydrogen-bond acceptors (Lipinski definition) is 1. The third-order valence-corrected chi connectivity index (χ3v) is 7.90. The molecule has 0 fully saturated rings. The van der Waals surface area contributed by atoms with Crippen LogP contribution in [0.5, 0.6) is 0 Å². The molecule has 0 radical (unpaired) electrons. The van der Waals surface area contributed by atoms with Gasteiger partial charge in [0, 0.05) is 0 Å².